The van der Waals surface area contributed by atoms with E-state index in [1.807, 2.05) is 0 Å². The lowest BCUT2D eigenvalue weighted by molar-refractivity contribution is 0.443. The third kappa shape index (κ3) is 1.55. The molecule has 70 valence electrons. The van der Waals surface area contributed by atoms with E-state index in [0.717, 1.165) is 0 Å². The number of rotatable bonds is 0. The fourth-order valence-corrected chi connectivity index (χ4v) is 1.82. The van der Waals surface area contributed by atoms with Crippen molar-refractivity contribution < 1.29 is 0 Å². The predicted molar refractivity (Wildman–Crippen MR) is 56.1 cm³/mol. The summed E-state index contributed by atoms with van der Waals surface area (Å²) in [4.78, 5) is 2.31. The van der Waals surface area contributed by atoms with Crippen LogP contribution in [-0.2, 0) is 0 Å². The van der Waals surface area contributed by atoms with Gasteiger partial charge in [0.2, 0.25) is 0 Å². The molecule has 0 aromatic carbocycles. The van der Waals surface area contributed by atoms with Gasteiger partial charge in [-0.05, 0) is 23.5 Å². The fraction of sp³-hybridized carbons (Fsp3) is 0.500. The van der Waals surface area contributed by atoms with Crippen LogP contribution in [0, 0.1) is 5.41 Å². The van der Waals surface area contributed by atoms with E-state index in [1.165, 1.54) is 6.42 Å². The fourth-order valence-electron chi connectivity index (χ4n) is 1.82. The molecule has 13 heavy (non-hydrogen) atoms. The van der Waals surface area contributed by atoms with E-state index in [2.05, 4.69) is 56.3 Å². The first kappa shape index (κ1) is 8.61. The maximum absolute atomic E-state index is 2.31. The van der Waals surface area contributed by atoms with Gasteiger partial charge in [0, 0.05) is 12.4 Å². The zero-order valence-electron chi connectivity index (χ0n) is 8.62. The van der Waals surface area contributed by atoms with Gasteiger partial charge in [0.25, 0.3) is 0 Å². The van der Waals surface area contributed by atoms with Crippen LogP contribution >= 0.6 is 0 Å². The summed E-state index contributed by atoms with van der Waals surface area (Å²) in [5, 5.41) is 0. The molecule has 0 aromatic rings. The molecule has 1 heteroatoms. The Balaban J connectivity index is 2.20. The summed E-state index contributed by atoms with van der Waals surface area (Å²) in [5.74, 6) is 0. The number of hydrogen-bond donors (Lipinski definition) is 0. The summed E-state index contributed by atoms with van der Waals surface area (Å²) >= 11 is 0. The molecule has 1 atom stereocenters. The summed E-state index contributed by atoms with van der Waals surface area (Å²) < 4.78 is 0. The molecular weight excluding hydrogens is 158 g/mol. The molecule has 0 amide bonds. The Bertz CT molecular complexity index is 289. The molecule has 0 aliphatic carbocycles. The van der Waals surface area contributed by atoms with E-state index in [-0.39, 0.29) is 0 Å². The van der Waals surface area contributed by atoms with Gasteiger partial charge in [0.15, 0.2) is 0 Å². The molecule has 0 radical (unpaired) electrons. The number of allylic oxidation sites excluding steroid dienone is 2. The van der Waals surface area contributed by atoms with Crippen LogP contribution in [0.3, 0.4) is 0 Å². The van der Waals surface area contributed by atoms with Crippen molar-refractivity contribution in [1.82, 2.24) is 4.90 Å². The Morgan fingerprint density at radius 2 is 2.08 bits per heavy atom. The first-order chi connectivity index (χ1) is 6.07. The van der Waals surface area contributed by atoms with Crippen LogP contribution in [0.4, 0.5) is 0 Å². The minimum Gasteiger partial charge on any atom is -0.347 e. The van der Waals surface area contributed by atoms with Crippen LogP contribution in [0.5, 0.6) is 0 Å². The van der Waals surface area contributed by atoms with Gasteiger partial charge in [-0.15, -0.1) is 0 Å². The lowest BCUT2D eigenvalue weighted by Crippen LogP contribution is -2.20. The van der Waals surface area contributed by atoms with Gasteiger partial charge in [-0.3, -0.25) is 0 Å². The van der Waals surface area contributed by atoms with Crippen molar-refractivity contribution in [3.05, 3.63) is 36.2 Å². The molecule has 1 nitrogen and oxygen atoms in total. The monoisotopic (exact) mass is 175 g/mol. The molecule has 1 unspecified atom stereocenters. The molecule has 0 saturated heterocycles. The van der Waals surface area contributed by atoms with Crippen molar-refractivity contribution in [2.45, 2.75) is 33.2 Å². The van der Waals surface area contributed by atoms with Crippen LogP contribution in [0.15, 0.2) is 36.2 Å². The highest BCUT2D eigenvalue weighted by molar-refractivity contribution is 5.27. The molecule has 0 spiro atoms. The molecule has 0 fully saturated rings. The average molecular weight is 175 g/mol. The number of fused-ring (bicyclic) bond motifs is 1. The van der Waals surface area contributed by atoms with Crippen LogP contribution in [-0.4, -0.2) is 10.9 Å². The van der Waals surface area contributed by atoms with Gasteiger partial charge in [-0.2, -0.15) is 0 Å². The van der Waals surface area contributed by atoms with Gasteiger partial charge < -0.3 is 4.90 Å². The van der Waals surface area contributed by atoms with E-state index >= 15 is 0 Å². The highest BCUT2D eigenvalue weighted by Crippen LogP contribution is 2.36. The SMILES string of the molecule is CC(C)(C)C1=CN2C=CC=CC2C1. The van der Waals surface area contributed by atoms with Gasteiger partial charge in [-0.1, -0.05) is 32.9 Å². The summed E-state index contributed by atoms with van der Waals surface area (Å²) in [6, 6.07) is 0.583. The normalized spacial score (nSPS) is 26.2. The molecule has 0 saturated carbocycles. The Labute approximate surface area is 80.4 Å². The first-order valence-corrected chi connectivity index (χ1v) is 4.91. The van der Waals surface area contributed by atoms with Gasteiger partial charge >= 0.3 is 0 Å². The lowest BCUT2D eigenvalue weighted by Gasteiger charge is -2.21. The van der Waals surface area contributed by atoms with Crippen LogP contribution in [0.25, 0.3) is 0 Å². The Morgan fingerprint density at radius 1 is 1.31 bits per heavy atom. The summed E-state index contributed by atoms with van der Waals surface area (Å²) in [6.07, 6.45) is 12.1. The van der Waals surface area contributed by atoms with E-state index in [1.54, 1.807) is 5.57 Å². The van der Waals surface area contributed by atoms with Crippen LogP contribution < -0.4 is 0 Å². The van der Waals surface area contributed by atoms with Gasteiger partial charge in [0.05, 0.1) is 6.04 Å². The molecule has 2 heterocycles. The third-order valence-electron chi connectivity index (χ3n) is 2.78. The van der Waals surface area contributed by atoms with Crippen molar-refractivity contribution in [3.63, 3.8) is 0 Å². The van der Waals surface area contributed by atoms with E-state index < -0.39 is 0 Å². The van der Waals surface area contributed by atoms with Crippen molar-refractivity contribution in [2.75, 3.05) is 0 Å². The van der Waals surface area contributed by atoms with E-state index in [0.29, 0.717) is 11.5 Å². The highest BCUT2D eigenvalue weighted by atomic mass is 15.1. The minimum absolute atomic E-state index is 0.318. The quantitative estimate of drug-likeness (QED) is 0.547. The standard InChI is InChI=1S/C12H17N/c1-12(2,3)10-8-11-6-4-5-7-13(11)9-10/h4-7,9,11H,8H2,1-3H3. The van der Waals surface area contributed by atoms with E-state index in [4.69, 9.17) is 0 Å². The third-order valence-corrected chi connectivity index (χ3v) is 2.78. The second kappa shape index (κ2) is 2.76. The molecule has 2 aliphatic rings. The second-order valence-corrected chi connectivity index (χ2v) is 4.85. The maximum Gasteiger partial charge on any atom is 0.0551 e. The van der Waals surface area contributed by atoms with Gasteiger partial charge in [-0.25, -0.2) is 0 Å². The number of hydrogen-bond acceptors (Lipinski definition) is 1. The lowest BCUT2D eigenvalue weighted by atomic mass is 9.85. The largest absolute Gasteiger partial charge is 0.347 e. The maximum atomic E-state index is 2.31. The average Bonchev–Trinajstić information content (AvgIpc) is 2.45. The Morgan fingerprint density at radius 3 is 2.69 bits per heavy atom. The molecule has 0 N–H and O–H groups in total. The van der Waals surface area contributed by atoms with Gasteiger partial charge in [0.1, 0.15) is 0 Å². The van der Waals surface area contributed by atoms with Crippen molar-refractivity contribution in [2.24, 2.45) is 5.41 Å². The molecule has 0 bridgehead atoms. The molecular formula is C12H17N. The Hall–Kier alpha value is -0.980. The summed E-state index contributed by atoms with van der Waals surface area (Å²) in [7, 11) is 0. The van der Waals surface area contributed by atoms with E-state index in [9.17, 15) is 0 Å². The Kier molecular flexibility index (Phi) is 1.83. The highest BCUT2D eigenvalue weighted by Gasteiger charge is 2.28. The minimum atomic E-state index is 0.318. The second-order valence-electron chi connectivity index (χ2n) is 4.85. The van der Waals surface area contributed by atoms with Crippen molar-refractivity contribution in [1.29, 1.82) is 0 Å². The predicted octanol–water partition coefficient (Wildman–Crippen LogP) is 3.07. The summed E-state index contributed by atoms with van der Waals surface area (Å²) in [6.45, 7) is 6.85. The molecule has 2 aliphatic heterocycles. The topological polar surface area (TPSA) is 3.24 Å². The van der Waals surface area contributed by atoms with Crippen molar-refractivity contribution >= 4 is 0 Å². The zero-order valence-corrected chi connectivity index (χ0v) is 8.62. The summed E-state index contributed by atoms with van der Waals surface area (Å²) in [5.41, 5.74) is 1.87. The number of nitrogens with zero attached hydrogens (tertiary/aromatic N) is 1. The first-order valence-electron chi connectivity index (χ1n) is 4.91. The van der Waals surface area contributed by atoms with Crippen LogP contribution in [0.1, 0.15) is 27.2 Å². The smallest absolute Gasteiger partial charge is 0.0551 e. The van der Waals surface area contributed by atoms with Crippen molar-refractivity contribution in [3.8, 4) is 0 Å². The molecule has 2 rings (SSSR count). The molecule has 0 aromatic heterocycles. The zero-order chi connectivity index (χ0) is 9.47. The van der Waals surface area contributed by atoms with Crippen LogP contribution in [0.2, 0.25) is 0 Å².